The fraction of sp³-hybridized carbons (Fsp3) is 0.0714. The van der Waals surface area contributed by atoms with Gasteiger partial charge in [0.15, 0.2) is 0 Å². The maximum atomic E-state index is 11.0. The topological polar surface area (TPSA) is 49.3 Å². The first-order chi connectivity index (χ1) is 8.97. The molecule has 0 aliphatic rings. The summed E-state index contributed by atoms with van der Waals surface area (Å²) in [4.78, 5) is 11.0. The predicted molar refractivity (Wildman–Crippen MR) is 77.9 cm³/mol. The number of carbonyl (C=O) groups is 1. The number of hydrogen-bond donors (Lipinski definition) is 2. The number of halogens is 2. The Bertz CT molecular complexity index is 641. The van der Waals surface area contributed by atoms with Gasteiger partial charge in [-0.3, -0.25) is 0 Å². The van der Waals surface area contributed by atoms with Crippen molar-refractivity contribution in [2.24, 2.45) is 0 Å². The molecule has 0 spiro atoms. The van der Waals surface area contributed by atoms with Crippen molar-refractivity contribution >= 4 is 40.5 Å². The summed E-state index contributed by atoms with van der Waals surface area (Å²) in [5.74, 6) is -0.972. The highest BCUT2D eigenvalue weighted by molar-refractivity contribution is 6.35. The van der Waals surface area contributed by atoms with Crippen molar-refractivity contribution < 1.29 is 9.90 Å². The smallest absolute Gasteiger partial charge is 0.335 e. The van der Waals surface area contributed by atoms with E-state index in [0.717, 1.165) is 5.56 Å². The van der Waals surface area contributed by atoms with E-state index in [0.29, 0.717) is 21.4 Å². The highest BCUT2D eigenvalue weighted by atomic mass is 35.5. The van der Waals surface area contributed by atoms with Gasteiger partial charge in [-0.2, -0.15) is 0 Å². The zero-order valence-electron chi connectivity index (χ0n) is 10.1. The lowest BCUT2D eigenvalue weighted by molar-refractivity contribution is 0.0697. The maximum absolute atomic E-state index is 11.0. The van der Waals surface area contributed by atoms with Crippen molar-refractivity contribution in [2.45, 2.75) is 6.92 Å². The van der Waals surface area contributed by atoms with Crippen molar-refractivity contribution in [3.05, 3.63) is 57.6 Å². The molecule has 0 aromatic heterocycles. The molecule has 3 nitrogen and oxygen atoms in total. The van der Waals surface area contributed by atoms with Crippen LogP contribution in [-0.4, -0.2) is 11.1 Å². The van der Waals surface area contributed by atoms with Gasteiger partial charge >= 0.3 is 5.97 Å². The van der Waals surface area contributed by atoms with E-state index in [-0.39, 0.29) is 5.56 Å². The van der Waals surface area contributed by atoms with Crippen molar-refractivity contribution in [3.63, 3.8) is 0 Å². The van der Waals surface area contributed by atoms with Gasteiger partial charge in [0.25, 0.3) is 0 Å². The van der Waals surface area contributed by atoms with Crippen LogP contribution in [0.15, 0.2) is 36.4 Å². The Hall–Kier alpha value is -1.71. The van der Waals surface area contributed by atoms with E-state index in [9.17, 15) is 4.79 Å². The van der Waals surface area contributed by atoms with E-state index in [1.807, 2.05) is 6.92 Å². The van der Waals surface area contributed by atoms with Crippen molar-refractivity contribution in [1.29, 1.82) is 0 Å². The van der Waals surface area contributed by atoms with E-state index < -0.39 is 5.97 Å². The quantitative estimate of drug-likeness (QED) is 0.859. The molecule has 98 valence electrons. The molecular weight excluding hydrogens is 285 g/mol. The second-order valence-corrected chi connectivity index (χ2v) is 4.93. The molecule has 0 fully saturated rings. The minimum atomic E-state index is -0.972. The molecule has 2 rings (SSSR count). The van der Waals surface area contributed by atoms with Gasteiger partial charge in [-0.15, -0.1) is 0 Å². The Kier molecular flexibility index (Phi) is 3.98. The van der Waals surface area contributed by atoms with Gasteiger partial charge in [0.1, 0.15) is 0 Å². The molecule has 0 amide bonds. The second kappa shape index (κ2) is 5.51. The number of carboxylic acid groups (broad SMARTS) is 1. The Balaban J connectivity index is 2.40. The molecule has 0 heterocycles. The zero-order valence-corrected chi connectivity index (χ0v) is 11.6. The monoisotopic (exact) mass is 295 g/mol. The summed E-state index contributed by atoms with van der Waals surface area (Å²) in [6, 6.07) is 9.93. The fourth-order valence-corrected chi connectivity index (χ4v) is 1.96. The molecule has 0 saturated heterocycles. The van der Waals surface area contributed by atoms with Crippen LogP contribution >= 0.6 is 23.2 Å². The first-order valence-electron chi connectivity index (χ1n) is 5.53. The van der Waals surface area contributed by atoms with Gasteiger partial charge in [0, 0.05) is 10.7 Å². The minimum Gasteiger partial charge on any atom is -0.478 e. The standard InChI is InChI=1S/C14H11Cl2NO2/c1-8-2-3-9(14(18)19)6-12(8)17-13-7-10(15)4-5-11(13)16/h2-7,17H,1H3,(H,18,19). The average Bonchev–Trinajstić information content (AvgIpc) is 2.36. The average molecular weight is 296 g/mol. The first-order valence-corrected chi connectivity index (χ1v) is 6.29. The van der Waals surface area contributed by atoms with Gasteiger partial charge in [-0.25, -0.2) is 4.79 Å². The summed E-state index contributed by atoms with van der Waals surface area (Å²) in [6.07, 6.45) is 0. The van der Waals surface area contributed by atoms with Crippen molar-refractivity contribution in [2.75, 3.05) is 5.32 Å². The molecule has 5 heteroatoms. The number of benzene rings is 2. The highest BCUT2D eigenvalue weighted by Gasteiger charge is 2.08. The molecule has 2 aromatic rings. The Morgan fingerprint density at radius 1 is 1.11 bits per heavy atom. The van der Waals surface area contributed by atoms with Crippen LogP contribution in [0.25, 0.3) is 0 Å². The third-order valence-corrected chi connectivity index (χ3v) is 3.25. The van der Waals surface area contributed by atoms with Gasteiger partial charge in [0.05, 0.1) is 16.3 Å². The van der Waals surface area contributed by atoms with Crippen LogP contribution < -0.4 is 5.32 Å². The maximum Gasteiger partial charge on any atom is 0.335 e. The summed E-state index contributed by atoms with van der Waals surface area (Å²) in [6.45, 7) is 1.88. The SMILES string of the molecule is Cc1ccc(C(=O)O)cc1Nc1cc(Cl)ccc1Cl. The largest absolute Gasteiger partial charge is 0.478 e. The molecule has 2 N–H and O–H groups in total. The predicted octanol–water partition coefficient (Wildman–Crippen LogP) is 4.74. The molecule has 0 atom stereocenters. The van der Waals surface area contributed by atoms with Gasteiger partial charge < -0.3 is 10.4 Å². The van der Waals surface area contributed by atoms with Crippen LogP contribution in [-0.2, 0) is 0 Å². The van der Waals surface area contributed by atoms with Crippen LogP contribution in [0.2, 0.25) is 10.0 Å². The molecule has 0 aliphatic heterocycles. The number of anilines is 2. The minimum absolute atomic E-state index is 0.214. The summed E-state index contributed by atoms with van der Waals surface area (Å²) in [5.41, 5.74) is 2.45. The summed E-state index contributed by atoms with van der Waals surface area (Å²) < 4.78 is 0. The van der Waals surface area contributed by atoms with Crippen LogP contribution in [0.1, 0.15) is 15.9 Å². The van der Waals surface area contributed by atoms with E-state index in [1.54, 1.807) is 36.4 Å². The molecule has 0 radical (unpaired) electrons. The molecule has 0 bridgehead atoms. The number of aromatic carboxylic acids is 1. The third kappa shape index (κ3) is 3.19. The van der Waals surface area contributed by atoms with Crippen molar-refractivity contribution in [3.8, 4) is 0 Å². The number of rotatable bonds is 3. The lowest BCUT2D eigenvalue weighted by Crippen LogP contribution is -2.00. The summed E-state index contributed by atoms with van der Waals surface area (Å²) in [5, 5.41) is 13.2. The van der Waals surface area contributed by atoms with Crippen LogP contribution in [0.5, 0.6) is 0 Å². The number of hydrogen-bond acceptors (Lipinski definition) is 2. The Labute approximate surface area is 120 Å². The lowest BCUT2D eigenvalue weighted by Gasteiger charge is -2.12. The second-order valence-electron chi connectivity index (χ2n) is 4.08. The normalized spacial score (nSPS) is 10.3. The number of carboxylic acids is 1. The van der Waals surface area contributed by atoms with Gasteiger partial charge in [-0.1, -0.05) is 29.3 Å². The van der Waals surface area contributed by atoms with Crippen molar-refractivity contribution in [1.82, 2.24) is 0 Å². The molecule has 2 aromatic carbocycles. The molecule has 0 saturated carbocycles. The number of aryl methyl sites for hydroxylation is 1. The molecule has 0 unspecified atom stereocenters. The third-order valence-electron chi connectivity index (χ3n) is 2.68. The Morgan fingerprint density at radius 3 is 2.53 bits per heavy atom. The van der Waals surface area contributed by atoms with Crippen LogP contribution in [0.4, 0.5) is 11.4 Å². The van der Waals surface area contributed by atoms with Crippen LogP contribution in [0, 0.1) is 6.92 Å². The van der Waals surface area contributed by atoms with E-state index >= 15 is 0 Å². The van der Waals surface area contributed by atoms with E-state index in [4.69, 9.17) is 28.3 Å². The van der Waals surface area contributed by atoms with E-state index in [2.05, 4.69) is 5.32 Å². The summed E-state index contributed by atoms with van der Waals surface area (Å²) >= 11 is 12.0. The first kappa shape index (κ1) is 13.7. The fourth-order valence-electron chi connectivity index (χ4n) is 1.63. The van der Waals surface area contributed by atoms with Crippen LogP contribution in [0.3, 0.4) is 0 Å². The Morgan fingerprint density at radius 2 is 1.84 bits per heavy atom. The lowest BCUT2D eigenvalue weighted by atomic mass is 10.1. The van der Waals surface area contributed by atoms with Gasteiger partial charge in [0.2, 0.25) is 0 Å². The van der Waals surface area contributed by atoms with E-state index in [1.165, 1.54) is 0 Å². The van der Waals surface area contributed by atoms with Gasteiger partial charge in [-0.05, 0) is 42.8 Å². The molecular formula is C14H11Cl2NO2. The number of nitrogens with one attached hydrogen (secondary N) is 1. The highest BCUT2D eigenvalue weighted by Crippen LogP contribution is 2.30. The molecule has 0 aliphatic carbocycles. The summed E-state index contributed by atoms with van der Waals surface area (Å²) in [7, 11) is 0. The molecule has 19 heavy (non-hydrogen) atoms. The zero-order chi connectivity index (χ0) is 14.0.